The molecule has 1 heterocycles. The molecule has 0 atom stereocenters. The molecule has 0 saturated carbocycles. The number of carbonyl (C=O) groups is 1. The molecule has 0 bridgehead atoms. The molecule has 114 valence electrons. The van der Waals surface area contributed by atoms with Crippen LogP contribution in [0.25, 0.3) is 10.9 Å². The highest BCUT2D eigenvalue weighted by Crippen LogP contribution is 2.22. The third-order valence-corrected chi connectivity index (χ3v) is 3.40. The fourth-order valence-electron chi connectivity index (χ4n) is 2.29. The molecular formula is C18H15N3O2. The van der Waals surface area contributed by atoms with E-state index in [1.807, 2.05) is 37.3 Å². The third kappa shape index (κ3) is 3.35. The van der Waals surface area contributed by atoms with Crippen LogP contribution in [0.5, 0.6) is 0 Å². The largest absolute Gasteiger partial charge is 0.478 e. The van der Waals surface area contributed by atoms with E-state index in [1.165, 1.54) is 0 Å². The molecule has 0 fully saturated rings. The Morgan fingerprint density at radius 1 is 1.17 bits per heavy atom. The molecular weight excluding hydrogens is 290 g/mol. The zero-order valence-electron chi connectivity index (χ0n) is 12.5. The Bertz CT molecular complexity index is 886. The summed E-state index contributed by atoms with van der Waals surface area (Å²) in [6, 6.07) is 16.3. The van der Waals surface area contributed by atoms with Crippen LogP contribution < -0.4 is 5.43 Å². The summed E-state index contributed by atoms with van der Waals surface area (Å²) >= 11 is 0. The predicted molar refractivity (Wildman–Crippen MR) is 91.1 cm³/mol. The van der Waals surface area contributed by atoms with Crippen LogP contribution in [0.1, 0.15) is 21.6 Å². The second-order valence-electron chi connectivity index (χ2n) is 5.13. The number of anilines is 1. The number of pyridine rings is 1. The van der Waals surface area contributed by atoms with Gasteiger partial charge in [0.05, 0.1) is 23.0 Å². The summed E-state index contributed by atoms with van der Waals surface area (Å²) in [4.78, 5) is 15.3. The van der Waals surface area contributed by atoms with Gasteiger partial charge in [0.1, 0.15) is 0 Å². The van der Waals surface area contributed by atoms with Crippen molar-refractivity contribution < 1.29 is 9.90 Å². The number of hydrogen-bond acceptors (Lipinski definition) is 4. The van der Waals surface area contributed by atoms with Crippen LogP contribution in [-0.4, -0.2) is 22.3 Å². The second-order valence-corrected chi connectivity index (χ2v) is 5.13. The van der Waals surface area contributed by atoms with Crippen LogP contribution in [-0.2, 0) is 0 Å². The van der Waals surface area contributed by atoms with E-state index in [9.17, 15) is 4.79 Å². The van der Waals surface area contributed by atoms with E-state index >= 15 is 0 Å². The molecule has 5 heteroatoms. The van der Waals surface area contributed by atoms with E-state index in [0.717, 1.165) is 27.8 Å². The van der Waals surface area contributed by atoms with Crippen LogP contribution in [0.3, 0.4) is 0 Å². The lowest BCUT2D eigenvalue weighted by Gasteiger charge is -2.06. The van der Waals surface area contributed by atoms with Gasteiger partial charge in [0.15, 0.2) is 0 Å². The molecule has 0 spiro atoms. The Hall–Kier alpha value is -3.21. The summed E-state index contributed by atoms with van der Waals surface area (Å²) in [6.45, 7) is 1.94. The highest BCUT2D eigenvalue weighted by Gasteiger charge is 2.03. The summed E-state index contributed by atoms with van der Waals surface area (Å²) in [6.07, 6.45) is 1.65. The molecule has 23 heavy (non-hydrogen) atoms. The average Bonchev–Trinajstić information content (AvgIpc) is 2.55. The summed E-state index contributed by atoms with van der Waals surface area (Å²) in [5.74, 6) is -0.939. The van der Waals surface area contributed by atoms with Gasteiger partial charge in [-0.1, -0.05) is 30.3 Å². The Morgan fingerprint density at radius 2 is 1.91 bits per heavy atom. The van der Waals surface area contributed by atoms with Gasteiger partial charge in [-0.05, 0) is 36.8 Å². The molecule has 0 radical (unpaired) electrons. The van der Waals surface area contributed by atoms with E-state index in [1.54, 1.807) is 30.5 Å². The van der Waals surface area contributed by atoms with Gasteiger partial charge in [0, 0.05) is 11.1 Å². The van der Waals surface area contributed by atoms with Gasteiger partial charge in [-0.3, -0.25) is 10.4 Å². The molecule has 0 amide bonds. The third-order valence-electron chi connectivity index (χ3n) is 3.40. The van der Waals surface area contributed by atoms with Gasteiger partial charge in [-0.25, -0.2) is 4.79 Å². The zero-order chi connectivity index (χ0) is 16.2. The molecule has 0 aliphatic heterocycles. The minimum absolute atomic E-state index is 0.255. The minimum Gasteiger partial charge on any atom is -0.478 e. The Balaban J connectivity index is 1.81. The smallest absolute Gasteiger partial charge is 0.335 e. The summed E-state index contributed by atoms with van der Waals surface area (Å²) < 4.78 is 0. The fraction of sp³-hybridized carbons (Fsp3) is 0.0556. The highest BCUT2D eigenvalue weighted by molar-refractivity contribution is 5.92. The molecule has 5 nitrogen and oxygen atoms in total. The molecule has 2 aromatic carbocycles. The quantitative estimate of drug-likeness (QED) is 0.569. The maximum absolute atomic E-state index is 10.8. The normalized spacial score (nSPS) is 11.0. The molecule has 0 unspecified atom stereocenters. The van der Waals surface area contributed by atoms with Crippen LogP contribution in [0, 0.1) is 6.92 Å². The number of nitrogens with zero attached hydrogens (tertiary/aromatic N) is 2. The molecule has 2 N–H and O–H groups in total. The summed E-state index contributed by atoms with van der Waals surface area (Å²) in [5.41, 5.74) is 6.80. The van der Waals surface area contributed by atoms with Gasteiger partial charge < -0.3 is 5.11 Å². The van der Waals surface area contributed by atoms with Gasteiger partial charge >= 0.3 is 5.97 Å². The number of rotatable bonds is 4. The summed E-state index contributed by atoms with van der Waals surface area (Å²) in [5, 5.41) is 14.1. The zero-order valence-corrected chi connectivity index (χ0v) is 12.5. The summed E-state index contributed by atoms with van der Waals surface area (Å²) in [7, 11) is 0. The lowest BCUT2D eigenvalue weighted by atomic mass is 10.1. The Kier molecular flexibility index (Phi) is 4.01. The number of aromatic nitrogens is 1. The van der Waals surface area contributed by atoms with Crippen molar-refractivity contribution in [3.8, 4) is 0 Å². The molecule has 3 rings (SSSR count). The lowest BCUT2D eigenvalue weighted by molar-refractivity contribution is 0.0697. The number of para-hydroxylation sites is 1. The molecule has 1 aromatic heterocycles. The molecule has 0 aliphatic rings. The number of nitrogens with one attached hydrogen (secondary N) is 1. The Morgan fingerprint density at radius 3 is 2.65 bits per heavy atom. The van der Waals surface area contributed by atoms with Crippen molar-refractivity contribution in [2.45, 2.75) is 6.92 Å². The van der Waals surface area contributed by atoms with Gasteiger partial charge in [-0.2, -0.15) is 5.10 Å². The first-order chi connectivity index (χ1) is 11.1. The molecule has 3 aromatic rings. The van der Waals surface area contributed by atoms with E-state index < -0.39 is 5.97 Å². The second kappa shape index (κ2) is 6.27. The van der Waals surface area contributed by atoms with Crippen molar-refractivity contribution in [3.05, 3.63) is 71.4 Å². The topological polar surface area (TPSA) is 74.6 Å². The van der Waals surface area contributed by atoms with Crippen molar-refractivity contribution in [1.82, 2.24) is 4.98 Å². The minimum atomic E-state index is -0.939. The standard InChI is InChI=1S/C18H15N3O2/c1-12-10-17(15-4-2-3-5-16(15)20-12)21-19-11-13-6-8-14(9-7-13)18(22)23/h2-11H,1H3,(H,20,21)(H,22,23)/b19-11-. The van der Waals surface area contributed by atoms with Crippen LogP contribution in [0.15, 0.2) is 59.7 Å². The average molecular weight is 305 g/mol. The number of benzene rings is 2. The van der Waals surface area contributed by atoms with Crippen molar-refractivity contribution in [1.29, 1.82) is 0 Å². The van der Waals surface area contributed by atoms with E-state index in [-0.39, 0.29) is 5.56 Å². The van der Waals surface area contributed by atoms with Crippen molar-refractivity contribution in [2.24, 2.45) is 5.10 Å². The van der Waals surface area contributed by atoms with Gasteiger partial charge in [0.25, 0.3) is 0 Å². The lowest BCUT2D eigenvalue weighted by Crippen LogP contribution is -1.97. The first-order valence-electron chi connectivity index (χ1n) is 7.12. The van der Waals surface area contributed by atoms with Gasteiger partial charge in [0.2, 0.25) is 0 Å². The monoisotopic (exact) mass is 305 g/mol. The number of hydrogen-bond donors (Lipinski definition) is 2. The number of carboxylic acid groups (broad SMARTS) is 1. The number of hydrazone groups is 1. The number of fused-ring (bicyclic) bond motifs is 1. The van der Waals surface area contributed by atoms with Crippen LogP contribution >= 0.6 is 0 Å². The highest BCUT2D eigenvalue weighted by atomic mass is 16.4. The number of carboxylic acids is 1. The number of aromatic carboxylic acids is 1. The maximum Gasteiger partial charge on any atom is 0.335 e. The first kappa shape index (κ1) is 14.7. The van der Waals surface area contributed by atoms with Crippen molar-refractivity contribution in [2.75, 3.05) is 5.43 Å². The Labute approximate surface area is 133 Å². The van der Waals surface area contributed by atoms with E-state index in [0.29, 0.717) is 0 Å². The van der Waals surface area contributed by atoms with Crippen LogP contribution in [0.2, 0.25) is 0 Å². The number of aryl methyl sites for hydroxylation is 1. The van der Waals surface area contributed by atoms with E-state index in [2.05, 4.69) is 15.5 Å². The maximum atomic E-state index is 10.8. The van der Waals surface area contributed by atoms with Crippen LogP contribution in [0.4, 0.5) is 5.69 Å². The SMILES string of the molecule is Cc1cc(N/N=C\c2ccc(C(=O)O)cc2)c2ccccc2n1. The van der Waals surface area contributed by atoms with E-state index in [4.69, 9.17) is 5.11 Å². The molecule has 0 saturated heterocycles. The van der Waals surface area contributed by atoms with Crippen molar-refractivity contribution in [3.63, 3.8) is 0 Å². The van der Waals surface area contributed by atoms with Crippen molar-refractivity contribution >= 4 is 28.8 Å². The first-order valence-corrected chi connectivity index (χ1v) is 7.12. The predicted octanol–water partition coefficient (Wildman–Crippen LogP) is 3.69. The van der Waals surface area contributed by atoms with Gasteiger partial charge in [-0.15, -0.1) is 0 Å². The molecule has 0 aliphatic carbocycles. The fourth-order valence-corrected chi connectivity index (χ4v) is 2.29.